The molecule has 0 aliphatic carbocycles. The molecule has 0 unspecified atom stereocenters. The molecule has 0 spiro atoms. The zero-order chi connectivity index (χ0) is 11.3. The lowest BCUT2D eigenvalue weighted by Gasteiger charge is -2.11. The number of nitrogens with one attached hydrogen (secondary N) is 1. The average Bonchev–Trinajstić information content (AvgIpc) is 2.17. The van der Waals surface area contributed by atoms with Crippen LogP contribution in [0.3, 0.4) is 0 Å². The Hall–Kier alpha value is -1.70. The molecule has 1 heterocycles. The van der Waals surface area contributed by atoms with Gasteiger partial charge in [0.2, 0.25) is 0 Å². The Balaban J connectivity index is 2.90. The van der Waals surface area contributed by atoms with Crippen molar-refractivity contribution in [2.45, 2.75) is 13.1 Å². The summed E-state index contributed by atoms with van der Waals surface area (Å²) < 4.78 is 37.3. The van der Waals surface area contributed by atoms with Crippen molar-refractivity contribution >= 4 is 5.82 Å². The number of rotatable bonds is 2. The highest BCUT2D eigenvalue weighted by Gasteiger charge is 2.33. The second-order valence-corrected chi connectivity index (χ2v) is 2.68. The van der Waals surface area contributed by atoms with Gasteiger partial charge in [-0.3, -0.25) is 0 Å². The van der Waals surface area contributed by atoms with Crippen LogP contribution in [-0.2, 0) is 6.18 Å². The van der Waals surface area contributed by atoms with E-state index in [9.17, 15) is 13.2 Å². The van der Waals surface area contributed by atoms with Crippen LogP contribution in [0.25, 0.3) is 0 Å². The zero-order valence-electron chi connectivity index (χ0n) is 8.02. The van der Waals surface area contributed by atoms with E-state index in [4.69, 9.17) is 0 Å². The van der Waals surface area contributed by atoms with Crippen molar-refractivity contribution < 1.29 is 13.2 Å². The molecular formula is C10H9F3N2. The van der Waals surface area contributed by atoms with Gasteiger partial charge in [0.1, 0.15) is 5.82 Å². The first-order valence-corrected chi connectivity index (χ1v) is 4.21. The molecule has 0 bridgehead atoms. The molecule has 1 rings (SSSR count). The van der Waals surface area contributed by atoms with E-state index in [-0.39, 0.29) is 12.4 Å². The largest absolute Gasteiger partial charge is 0.419 e. The second-order valence-electron chi connectivity index (χ2n) is 2.68. The molecule has 1 aromatic rings. The molecule has 0 saturated heterocycles. The van der Waals surface area contributed by atoms with E-state index in [1.54, 1.807) is 6.92 Å². The predicted octanol–water partition coefficient (Wildman–Crippen LogP) is 2.54. The van der Waals surface area contributed by atoms with Gasteiger partial charge in [-0.1, -0.05) is 5.92 Å². The number of nitrogens with zero attached hydrogens (tertiary/aromatic N) is 1. The number of halogens is 3. The number of anilines is 1. The first-order valence-electron chi connectivity index (χ1n) is 4.21. The van der Waals surface area contributed by atoms with Crippen LogP contribution in [0.4, 0.5) is 19.0 Å². The molecule has 0 amide bonds. The Kier molecular flexibility index (Phi) is 3.56. The minimum atomic E-state index is -4.39. The maximum atomic E-state index is 12.4. The van der Waals surface area contributed by atoms with Crippen LogP contribution < -0.4 is 5.32 Å². The summed E-state index contributed by atoms with van der Waals surface area (Å²) in [4.78, 5) is 3.62. The number of pyridine rings is 1. The Bertz CT molecular complexity index is 388. The number of aromatic nitrogens is 1. The Labute approximate surface area is 85.5 Å². The third kappa shape index (κ3) is 3.17. The monoisotopic (exact) mass is 214 g/mol. The van der Waals surface area contributed by atoms with Gasteiger partial charge in [-0.2, -0.15) is 13.2 Å². The lowest BCUT2D eigenvalue weighted by atomic mass is 10.2. The lowest BCUT2D eigenvalue weighted by Crippen LogP contribution is -2.12. The zero-order valence-corrected chi connectivity index (χ0v) is 8.02. The highest BCUT2D eigenvalue weighted by molar-refractivity contribution is 5.46. The normalized spacial score (nSPS) is 10.4. The maximum Gasteiger partial charge on any atom is 0.419 e. The van der Waals surface area contributed by atoms with E-state index < -0.39 is 11.7 Å². The van der Waals surface area contributed by atoms with Crippen molar-refractivity contribution in [3.63, 3.8) is 0 Å². The molecule has 0 saturated carbocycles. The number of alkyl halides is 3. The Morgan fingerprint density at radius 3 is 2.80 bits per heavy atom. The van der Waals surface area contributed by atoms with Crippen LogP contribution in [0.5, 0.6) is 0 Å². The van der Waals surface area contributed by atoms with Gasteiger partial charge in [0.15, 0.2) is 0 Å². The summed E-state index contributed by atoms with van der Waals surface area (Å²) in [6, 6.07) is 2.23. The van der Waals surface area contributed by atoms with Crippen LogP contribution in [0.2, 0.25) is 0 Å². The molecule has 0 aromatic carbocycles. The highest BCUT2D eigenvalue weighted by atomic mass is 19.4. The minimum Gasteiger partial charge on any atom is -0.359 e. The summed E-state index contributed by atoms with van der Waals surface area (Å²) >= 11 is 0. The average molecular weight is 214 g/mol. The summed E-state index contributed by atoms with van der Waals surface area (Å²) in [6.07, 6.45) is -3.09. The smallest absolute Gasteiger partial charge is 0.359 e. The van der Waals surface area contributed by atoms with Gasteiger partial charge in [0.25, 0.3) is 0 Å². The van der Waals surface area contributed by atoms with Gasteiger partial charge in [-0.05, 0) is 19.1 Å². The molecule has 2 nitrogen and oxygen atoms in total. The van der Waals surface area contributed by atoms with E-state index in [0.717, 1.165) is 6.07 Å². The number of hydrogen-bond acceptors (Lipinski definition) is 2. The molecule has 0 aliphatic rings. The second kappa shape index (κ2) is 4.69. The van der Waals surface area contributed by atoms with E-state index in [1.165, 1.54) is 12.3 Å². The molecule has 15 heavy (non-hydrogen) atoms. The van der Waals surface area contributed by atoms with Crippen molar-refractivity contribution in [3.05, 3.63) is 23.9 Å². The predicted molar refractivity (Wildman–Crippen MR) is 51.2 cm³/mol. The highest BCUT2D eigenvalue weighted by Crippen LogP contribution is 2.33. The van der Waals surface area contributed by atoms with Crippen molar-refractivity contribution in [2.75, 3.05) is 11.9 Å². The standard InChI is InChI=1S/C10H9F3N2/c1-2-3-6-14-9-8(10(11,12)13)5-4-7-15-9/h4-5,7H,6H2,1H3,(H,14,15). The molecule has 0 fully saturated rings. The molecule has 1 N–H and O–H groups in total. The third-order valence-electron chi connectivity index (χ3n) is 1.63. The molecule has 5 heteroatoms. The topological polar surface area (TPSA) is 24.9 Å². The Morgan fingerprint density at radius 2 is 2.20 bits per heavy atom. The van der Waals surface area contributed by atoms with Crippen LogP contribution in [-0.4, -0.2) is 11.5 Å². The fraction of sp³-hybridized carbons (Fsp3) is 0.300. The van der Waals surface area contributed by atoms with Gasteiger partial charge in [-0.25, -0.2) is 4.98 Å². The van der Waals surface area contributed by atoms with Gasteiger partial charge in [-0.15, -0.1) is 5.92 Å². The summed E-state index contributed by atoms with van der Waals surface area (Å²) in [5.74, 6) is 4.99. The summed E-state index contributed by atoms with van der Waals surface area (Å²) in [6.45, 7) is 1.77. The quantitative estimate of drug-likeness (QED) is 0.765. The van der Waals surface area contributed by atoms with Gasteiger partial charge >= 0.3 is 6.18 Å². The Morgan fingerprint density at radius 1 is 1.47 bits per heavy atom. The van der Waals surface area contributed by atoms with E-state index in [0.29, 0.717) is 0 Å². The molecule has 0 aliphatic heterocycles. The SMILES string of the molecule is CC#CCNc1ncccc1C(F)(F)F. The fourth-order valence-electron chi connectivity index (χ4n) is 0.991. The molecule has 0 atom stereocenters. The van der Waals surface area contributed by atoms with Crippen LogP contribution in [0.15, 0.2) is 18.3 Å². The summed E-state index contributed by atoms with van der Waals surface area (Å²) in [7, 11) is 0. The molecule has 1 aromatic heterocycles. The van der Waals surface area contributed by atoms with Crippen molar-refractivity contribution in [1.82, 2.24) is 4.98 Å². The van der Waals surface area contributed by atoms with Crippen molar-refractivity contribution in [1.29, 1.82) is 0 Å². The molecular weight excluding hydrogens is 205 g/mol. The van der Waals surface area contributed by atoms with Crippen LogP contribution in [0, 0.1) is 11.8 Å². The van der Waals surface area contributed by atoms with Gasteiger partial charge in [0.05, 0.1) is 12.1 Å². The molecule has 80 valence electrons. The summed E-state index contributed by atoms with van der Waals surface area (Å²) in [5, 5.41) is 2.52. The van der Waals surface area contributed by atoms with Crippen LogP contribution in [0.1, 0.15) is 12.5 Å². The molecule has 0 radical (unpaired) electrons. The summed E-state index contributed by atoms with van der Waals surface area (Å²) in [5.41, 5.74) is -0.775. The van der Waals surface area contributed by atoms with Gasteiger partial charge in [0, 0.05) is 6.20 Å². The van der Waals surface area contributed by atoms with E-state index >= 15 is 0 Å². The fourth-order valence-corrected chi connectivity index (χ4v) is 0.991. The van der Waals surface area contributed by atoms with Crippen LogP contribution >= 0.6 is 0 Å². The van der Waals surface area contributed by atoms with E-state index in [2.05, 4.69) is 22.1 Å². The van der Waals surface area contributed by atoms with E-state index in [1.807, 2.05) is 0 Å². The van der Waals surface area contributed by atoms with Crippen molar-refractivity contribution in [3.8, 4) is 11.8 Å². The van der Waals surface area contributed by atoms with Crippen molar-refractivity contribution in [2.24, 2.45) is 0 Å². The first kappa shape index (κ1) is 11.4. The first-order chi connectivity index (χ1) is 7.05. The maximum absolute atomic E-state index is 12.4. The minimum absolute atomic E-state index is 0.149. The third-order valence-corrected chi connectivity index (χ3v) is 1.63. The number of hydrogen-bond donors (Lipinski definition) is 1. The van der Waals surface area contributed by atoms with Gasteiger partial charge < -0.3 is 5.32 Å². The lowest BCUT2D eigenvalue weighted by molar-refractivity contribution is -0.137.